The normalized spacial score (nSPS) is 16.3. The van der Waals surface area contributed by atoms with Crippen molar-refractivity contribution < 1.29 is 9.59 Å². The smallest absolute Gasteiger partial charge is 0.249 e. The van der Waals surface area contributed by atoms with E-state index in [2.05, 4.69) is 31.3 Å². The molecule has 1 aromatic heterocycles. The Morgan fingerprint density at radius 1 is 1.26 bits per heavy atom. The Labute approximate surface area is 178 Å². The number of halogens is 4. The first-order chi connectivity index (χ1) is 12.8. The minimum absolute atomic E-state index is 0.168. The summed E-state index contributed by atoms with van der Waals surface area (Å²) in [4.78, 5) is 29.1. The number of hydrogen-bond acceptors (Lipinski definition) is 5. The molecule has 0 radical (unpaired) electrons. The van der Waals surface area contributed by atoms with E-state index in [1.54, 1.807) is 18.3 Å². The number of rotatable bonds is 4. The highest BCUT2D eigenvalue weighted by Crippen LogP contribution is 2.33. The van der Waals surface area contributed by atoms with Crippen LogP contribution in [0.3, 0.4) is 0 Å². The van der Waals surface area contributed by atoms with Gasteiger partial charge in [0.15, 0.2) is 11.6 Å². The van der Waals surface area contributed by atoms with Crippen molar-refractivity contribution in [3.63, 3.8) is 0 Å². The number of anilines is 2. The van der Waals surface area contributed by atoms with Gasteiger partial charge in [0.25, 0.3) is 0 Å². The molecule has 2 aromatic rings. The molecule has 1 aliphatic heterocycles. The van der Waals surface area contributed by atoms with Crippen LogP contribution in [-0.2, 0) is 4.79 Å². The minimum atomic E-state index is -0.724. The van der Waals surface area contributed by atoms with Crippen molar-refractivity contribution in [1.82, 2.24) is 4.98 Å². The molecule has 1 unspecified atom stereocenters. The third-order valence-corrected chi connectivity index (χ3v) is 5.11. The third kappa shape index (κ3) is 4.27. The lowest BCUT2D eigenvalue weighted by Gasteiger charge is -2.23. The van der Waals surface area contributed by atoms with E-state index in [-0.39, 0.29) is 22.1 Å². The molecule has 0 aliphatic carbocycles. The second-order valence-electron chi connectivity index (χ2n) is 5.71. The molecule has 0 spiro atoms. The van der Waals surface area contributed by atoms with E-state index in [1.807, 2.05) is 0 Å². The zero-order valence-corrected chi connectivity index (χ0v) is 17.7. The van der Waals surface area contributed by atoms with Crippen LogP contribution >= 0.6 is 50.7 Å². The van der Waals surface area contributed by atoms with Gasteiger partial charge in [0.1, 0.15) is 10.7 Å². The molecule has 27 heavy (non-hydrogen) atoms. The van der Waals surface area contributed by atoms with Gasteiger partial charge in [-0.05, 0) is 47.1 Å². The van der Waals surface area contributed by atoms with Crippen LogP contribution in [0.5, 0.6) is 0 Å². The Morgan fingerprint density at radius 3 is 2.67 bits per heavy atom. The van der Waals surface area contributed by atoms with E-state index in [1.165, 1.54) is 24.1 Å². The molecule has 2 heterocycles. The van der Waals surface area contributed by atoms with Crippen LogP contribution in [-0.4, -0.2) is 27.3 Å². The van der Waals surface area contributed by atoms with Crippen molar-refractivity contribution >= 4 is 78.5 Å². The molecular weight excluding hydrogens is 478 g/mol. The summed E-state index contributed by atoms with van der Waals surface area (Å²) in [6.45, 7) is 1.37. The molecule has 1 atom stereocenters. The van der Waals surface area contributed by atoms with Gasteiger partial charge in [-0.2, -0.15) is 5.10 Å². The zero-order chi connectivity index (χ0) is 19.7. The van der Waals surface area contributed by atoms with Crippen LogP contribution in [0.4, 0.5) is 11.5 Å². The summed E-state index contributed by atoms with van der Waals surface area (Å²) in [5.41, 5.74) is 0.426. The Balaban J connectivity index is 1.93. The number of nitrogens with one attached hydrogen (secondary N) is 1. The number of ketones is 1. The fraction of sp³-hybridized carbons (Fsp3) is 0.176. The predicted molar refractivity (Wildman–Crippen MR) is 112 cm³/mol. The first-order valence-electron chi connectivity index (χ1n) is 7.71. The van der Waals surface area contributed by atoms with Gasteiger partial charge in [0.05, 0.1) is 15.7 Å². The fourth-order valence-corrected chi connectivity index (χ4v) is 3.83. The van der Waals surface area contributed by atoms with Crippen LogP contribution in [0, 0.1) is 0 Å². The van der Waals surface area contributed by atoms with E-state index in [0.717, 1.165) is 0 Å². The van der Waals surface area contributed by atoms with Crippen LogP contribution in [0.2, 0.25) is 15.1 Å². The van der Waals surface area contributed by atoms with Crippen molar-refractivity contribution in [2.45, 2.75) is 19.4 Å². The van der Waals surface area contributed by atoms with E-state index < -0.39 is 11.9 Å². The highest BCUT2D eigenvalue weighted by Gasteiger charge is 2.35. The number of amides is 1. The van der Waals surface area contributed by atoms with Gasteiger partial charge >= 0.3 is 0 Å². The van der Waals surface area contributed by atoms with Crippen molar-refractivity contribution in [2.75, 3.05) is 10.3 Å². The van der Waals surface area contributed by atoms with Gasteiger partial charge in [-0.1, -0.05) is 34.8 Å². The number of carbonyl (C=O) groups excluding carboxylic acids is 2. The second-order valence-corrected chi connectivity index (χ2v) is 7.87. The molecule has 140 valence electrons. The SMILES string of the molecule is CC(=O)c1cc(Cl)cc(Cl)c1NC(=O)C1CC(Br)=NN1c1ncccc1Cl. The number of pyridine rings is 1. The Bertz CT molecular complexity index is 967. The highest BCUT2D eigenvalue weighted by atomic mass is 79.9. The number of benzene rings is 1. The molecule has 1 aromatic carbocycles. The quantitative estimate of drug-likeness (QED) is 0.600. The van der Waals surface area contributed by atoms with Gasteiger partial charge < -0.3 is 5.32 Å². The average Bonchev–Trinajstić information content (AvgIpc) is 2.99. The largest absolute Gasteiger partial charge is 0.322 e. The lowest BCUT2D eigenvalue weighted by Crippen LogP contribution is -2.39. The summed E-state index contributed by atoms with van der Waals surface area (Å²) >= 11 is 21.7. The van der Waals surface area contributed by atoms with Gasteiger partial charge in [0, 0.05) is 23.2 Å². The number of hydrazone groups is 1. The first-order valence-corrected chi connectivity index (χ1v) is 9.64. The van der Waals surface area contributed by atoms with E-state index in [4.69, 9.17) is 34.8 Å². The molecule has 0 bridgehead atoms. The van der Waals surface area contributed by atoms with E-state index >= 15 is 0 Å². The maximum Gasteiger partial charge on any atom is 0.249 e. The topological polar surface area (TPSA) is 74.7 Å². The second kappa shape index (κ2) is 8.14. The summed E-state index contributed by atoms with van der Waals surface area (Å²) in [6.07, 6.45) is 1.86. The van der Waals surface area contributed by atoms with E-state index in [0.29, 0.717) is 26.9 Å². The molecule has 1 aliphatic rings. The maximum absolute atomic E-state index is 12.9. The number of hydrogen-bond donors (Lipinski definition) is 1. The van der Waals surface area contributed by atoms with Gasteiger partial charge in [-0.15, -0.1) is 0 Å². The minimum Gasteiger partial charge on any atom is -0.322 e. The van der Waals surface area contributed by atoms with Crippen LogP contribution in [0.1, 0.15) is 23.7 Å². The lowest BCUT2D eigenvalue weighted by molar-refractivity contribution is -0.117. The summed E-state index contributed by atoms with van der Waals surface area (Å²) in [7, 11) is 0. The Hall–Kier alpha value is -1.67. The summed E-state index contributed by atoms with van der Waals surface area (Å²) in [5, 5.41) is 9.26. The Morgan fingerprint density at radius 2 is 2.00 bits per heavy atom. The highest BCUT2D eigenvalue weighted by molar-refractivity contribution is 9.18. The number of aromatic nitrogens is 1. The van der Waals surface area contributed by atoms with Crippen molar-refractivity contribution in [3.05, 3.63) is 51.1 Å². The maximum atomic E-state index is 12.9. The molecular formula is C17H12BrCl3N4O2. The summed E-state index contributed by atoms with van der Waals surface area (Å²) in [6, 6.07) is 5.53. The van der Waals surface area contributed by atoms with Crippen molar-refractivity contribution in [1.29, 1.82) is 0 Å². The molecule has 1 amide bonds. The van der Waals surface area contributed by atoms with Gasteiger partial charge in [0.2, 0.25) is 5.91 Å². The molecule has 10 heteroatoms. The molecule has 0 fully saturated rings. The van der Waals surface area contributed by atoms with Gasteiger partial charge in [-0.3, -0.25) is 9.59 Å². The number of carbonyl (C=O) groups is 2. The standard InChI is InChI=1S/C17H12BrCl3N4O2/c1-8(26)10-5-9(19)6-12(21)15(10)23-17(27)13-7-14(18)24-25(13)16-11(20)3-2-4-22-16/h2-6,13H,7H2,1H3,(H,23,27). The number of nitrogens with zero attached hydrogens (tertiary/aromatic N) is 3. The van der Waals surface area contributed by atoms with E-state index in [9.17, 15) is 9.59 Å². The van der Waals surface area contributed by atoms with Crippen LogP contribution in [0.25, 0.3) is 0 Å². The summed E-state index contributed by atoms with van der Waals surface area (Å²) in [5.74, 6) is -0.340. The fourth-order valence-electron chi connectivity index (χ4n) is 2.60. The monoisotopic (exact) mass is 488 g/mol. The van der Waals surface area contributed by atoms with Gasteiger partial charge in [-0.25, -0.2) is 9.99 Å². The van der Waals surface area contributed by atoms with Crippen LogP contribution < -0.4 is 10.3 Å². The molecule has 1 N–H and O–H groups in total. The number of Topliss-reactive ketones (excluding diaryl/α,β-unsaturated/α-hetero) is 1. The van der Waals surface area contributed by atoms with Crippen molar-refractivity contribution in [3.8, 4) is 0 Å². The first kappa shape index (κ1) is 20.1. The molecule has 0 saturated carbocycles. The average molecular weight is 491 g/mol. The summed E-state index contributed by atoms with van der Waals surface area (Å²) < 4.78 is 0.568. The van der Waals surface area contributed by atoms with Crippen molar-refractivity contribution in [2.24, 2.45) is 5.10 Å². The molecule has 6 nitrogen and oxygen atoms in total. The molecule has 0 saturated heterocycles. The predicted octanol–water partition coefficient (Wildman–Crippen LogP) is 5.17. The Kier molecular flexibility index (Phi) is 6.05. The lowest BCUT2D eigenvalue weighted by atomic mass is 10.1. The zero-order valence-electron chi connectivity index (χ0n) is 13.8. The van der Waals surface area contributed by atoms with Crippen LogP contribution in [0.15, 0.2) is 35.6 Å². The molecule has 3 rings (SSSR count). The third-order valence-electron chi connectivity index (χ3n) is 3.81.